The Labute approximate surface area is 234 Å². The van der Waals surface area contributed by atoms with Gasteiger partial charge in [-0.05, 0) is 39.0 Å². The fraction of sp³-hybridized carbons (Fsp3) is 0.640. The predicted molar refractivity (Wildman–Crippen MR) is 148 cm³/mol. The molecule has 214 valence electrons. The molecule has 1 fully saturated rings. The summed E-state index contributed by atoms with van der Waals surface area (Å²) in [5.74, 6) is -0.00330. The molecular formula is C25H39Cl2N5O6. The number of alkyl carbamates (subject to hydrolysis) is 1. The number of hydrogen-bond donors (Lipinski definition) is 3. The van der Waals surface area contributed by atoms with E-state index in [9.17, 15) is 9.59 Å². The average Bonchev–Trinajstić information content (AvgIpc) is 2.79. The van der Waals surface area contributed by atoms with Gasteiger partial charge in [0, 0.05) is 38.3 Å². The van der Waals surface area contributed by atoms with Crippen LogP contribution in [0.2, 0.25) is 10.0 Å². The summed E-state index contributed by atoms with van der Waals surface area (Å²) in [5.41, 5.74) is 6.17. The van der Waals surface area contributed by atoms with Crippen molar-refractivity contribution in [3.8, 4) is 0 Å². The Morgan fingerprint density at radius 3 is 2.42 bits per heavy atom. The van der Waals surface area contributed by atoms with Crippen molar-refractivity contribution in [1.29, 1.82) is 0 Å². The van der Waals surface area contributed by atoms with Crippen molar-refractivity contribution in [3.63, 3.8) is 0 Å². The lowest BCUT2D eigenvalue weighted by atomic mass is 10.1. The second kappa shape index (κ2) is 16.7. The Kier molecular flexibility index (Phi) is 14.1. The van der Waals surface area contributed by atoms with E-state index in [0.717, 1.165) is 5.69 Å². The van der Waals surface area contributed by atoms with E-state index >= 15 is 0 Å². The zero-order chi connectivity index (χ0) is 28.0. The lowest BCUT2D eigenvalue weighted by Crippen LogP contribution is -2.53. The van der Waals surface area contributed by atoms with Crippen LogP contribution in [0.5, 0.6) is 0 Å². The van der Waals surface area contributed by atoms with Gasteiger partial charge in [0.1, 0.15) is 11.4 Å². The Balaban J connectivity index is 1.41. The summed E-state index contributed by atoms with van der Waals surface area (Å²) in [6, 6.07) is 5.24. The van der Waals surface area contributed by atoms with Crippen molar-refractivity contribution in [1.82, 2.24) is 10.2 Å². The number of nitrogens with one attached hydrogen (secondary N) is 2. The van der Waals surface area contributed by atoms with Crippen LogP contribution < -0.4 is 16.4 Å². The Morgan fingerprint density at radius 2 is 1.74 bits per heavy atom. The van der Waals surface area contributed by atoms with Crippen LogP contribution in [0.4, 0.5) is 10.5 Å². The number of aliphatic imine (C=N–C) groups is 1. The van der Waals surface area contributed by atoms with Gasteiger partial charge in [-0.1, -0.05) is 23.2 Å². The lowest BCUT2D eigenvalue weighted by Gasteiger charge is -2.37. The Hall–Kier alpha value is -2.15. The molecule has 0 spiro atoms. The second-order valence-corrected chi connectivity index (χ2v) is 10.5. The topological polar surface area (TPSA) is 137 Å². The van der Waals surface area contributed by atoms with Crippen LogP contribution in [0.15, 0.2) is 23.2 Å². The van der Waals surface area contributed by atoms with Gasteiger partial charge in [0.05, 0.1) is 55.7 Å². The second-order valence-electron chi connectivity index (χ2n) is 9.64. The van der Waals surface area contributed by atoms with E-state index in [1.807, 2.05) is 31.7 Å². The van der Waals surface area contributed by atoms with E-state index in [1.165, 1.54) is 0 Å². The molecule has 2 amide bonds. The normalized spacial score (nSPS) is 14.7. The molecule has 0 saturated carbocycles. The molecule has 0 aromatic heterocycles. The maximum Gasteiger partial charge on any atom is 0.407 e. The highest BCUT2D eigenvalue weighted by atomic mass is 35.5. The standard InChI is InChI=1S/C25H39Cl2N5O6/c1-25(2,3)38-24(34)30-8-9-35-10-11-36-12-13-37-19-15-32(16-19)17-23(33)31-22(28)6-7-29-18-4-5-20(26)21(27)14-18/h4-5,14,19,29H,6-13,15-17H2,1-3H3,(H,30,34)(H2,28,31,33). The largest absolute Gasteiger partial charge is 0.444 e. The highest BCUT2D eigenvalue weighted by molar-refractivity contribution is 6.42. The first-order valence-corrected chi connectivity index (χ1v) is 13.3. The van der Waals surface area contributed by atoms with Crippen LogP contribution >= 0.6 is 23.2 Å². The van der Waals surface area contributed by atoms with Gasteiger partial charge in [-0.25, -0.2) is 4.79 Å². The molecule has 0 aliphatic carbocycles. The first-order chi connectivity index (χ1) is 18.0. The van der Waals surface area contributed by atoms with E-state index in [-0.39, 0.29) is 24.4 Å². The van der Waals surface area contributed by atoms with Crippen molar-refractivity contribution in [3.05, 3.63) is 28.2 Å². The number of halogens is 2. The smallest absolute Gasteiger partial charge is 0.407 e. The number of anilines is 1. The van der Waals surface area contributed by atoms with Crippen molar-refractivity contribution in [2.45, 2.75) is 38.9 Å². The van der Waals surface area contributed by atoms with E-state index in [0.29, 0.717) is 75.7 Å². The zero-order valence-electron chi connectivity index (χ0n) is 22.3. The first kappa shape index (κ1) is 32.1. The van der Waals surface area contributed by atoms with Gasteiger partial charge >= 0.3 is 6.09 Å². The number of carbonyl (C=O) groups excluding carboxylic acids is 2. The fourth-order valence-corrected chi connectivity index (χ4v) is 3.57. The number of hydrogen-bond acceptors (Lipinski definition) is 8. The minimum Gasteiger partial charge on any atom is -0.444 e. The quantitative estimate of drug-likeness (QED) is 0.154. The highest BCUT2D eigenvalue weighted by Gasteiger charge is 2.28. The lowest BCUT2D eigenvalue weighted by molar-refractivity contribution is -0.124. The van der Waals surface area contributed by atoms with Crippen molar-refractivity contribution >= 4 is 46.7 Å². The van der Waals surface area contributed by atoms with Gasteiger partial charge in [-0.3, -0.25) is 9.69 Å². The van der Waals surface area contributed by atoms with Crippen LogP contribution in [0, 0.1) is 0 Å². The molecule has 0 radical (unpaired) electrons. The number of nitrogens with zero attached hydrogens (tertiary/aromatic N) is 2. The molecule has 0 bridgehead atoms. The van der Waals surface area contributed by atoms with Gasteiger partial charge in [-0.2, -0.15) is 4.99 Å². The summed E-state index contributed by atoms with van der Waals surface area (Å²) in [5, 5.41) is 6.73. The van der Waals surface area contributed by atoms with E-state index in [2.05, 4.69) is 15.6 Å². The van der Waals surface area contributed by atoms with E-state index < -0.39 is 11.7 Å². The van der Waals surface area contributed by atoms with Crippen LogP contribution in [-0.4, -0.2) is 100 Å². The summed E-state index contributed by atoms with van der Waals surface area (Å²) in [6.45, 7) is 9.98. The summed E-state index contributed by atoms with van der Waals surface area (Å²) in [6.07, 6.45) is 0.0277. The number of carbonyl (C=O) groups is 2. The SMILES string of the molecule is CC(C)(C)OC(=O)NCCOCCOCCOC1CN(CC(=O)N=C(N)CCNc2ccc(Cl)c(Cl)c2)C1. The van der Waals surface area contributed by atoms with Gasteiger partial charge in [-0.15, -0.1) is 0 Å². The molecule has 2 rings (SSSR count). The third-order valence-corrected chi connectivity index (χ3v) is 5.79. The summed E-state index contributed by atoms with van der Waals surface area (Å²) in [7, 11) is 0. The van der Waals surface area contributed by atoms with E-state index in [4.69, 9.17) is 47.9 Å². The molecular weight excluding hydrogens is 537 g/mol. The van der Waals surface area contributed by atoms with Crippen LogP contribution in [0.25, 0.3) is 0 Å². The molecule has 11 nitrogen and oxygen atoms in total. The number of rotatable bonds is 16. The zero-order valence-corrected chi connectivity index (χ0v) is 23.8. The molecule has 1 aliphatic rings. The number of ether oxygens (including phenoxy) is 4. The maximum absolute atomic E-state index is 12.1. The van der Waals surface area contributed by atoms with Gasteiger partial charge in [0.15, 0.2) is 0 Å². The Bertz CT molecular complexity index is 922. The molecule has 38 heavy (non-hydrogen) atoms. The third kappa shape index (κ3) is 14.1. The third-order valence-electron chi connectivity index (χ3n) is 5.05. The molecule has 1 heterocycles. The van der Waals surface area contributed by atoms with Crippen molar-refractivity contribution < 1.29 is 28.5 Å². The molecule has 4 N–H and O–H groups in total. The maximum atomic E-state index is 12.1. The van der Waals surface area contributed by atoms with E-state index in [1.54, 1.807) is 12.1 Å². The number of amides is 2. The highest BCUT2D eigenvalue weighted by Crippen LogP contribution is 2.24. The Morgan fingerprint density at radius 1 is 1.05 bits per heavy atom. The molecule has 1 saturated heterocycles. The molecule has 1 aromatic rings. The van der Waals surface area contributed by atoms with Crippen LogP contribution in [0.1, 0.15) is 27.2 Å². The predicted octanol–water partition coefficient (Wildman–Crippen LogP) is 2.94. The summed E-state index contributed by atoms with van der Waals surface area (Å²) in [4.78, 5) is 29.5. The van der Waals surface area contributed by atoms with Gasteiger partial charge in [0.2, 0.25) is 0 Å². The molecule has 0 unspecified atom stereocenters. The number of likely N-dealkylation sites (tertiary alicyclic amines) is 1. The molecule has 13 heteroatoms. The van der Waals surface area contributed by atoms with Crippen LogP contribution in [0.3, 0.4) is 0 Å². The average molecular weight is 577 g/mol. The minimum absolute atomic E-state index is 0.0679. The molecule has 1 aliphatic heterocycles. The fourth-order valence-electron chi connectivity index (χ4n) is 3.28. The summed E-state index contributed by atoms with van der Waals surface area (Å²) < 4.78 is 21.7. The summed E-state index contributed by atoms with van der Waals surface area (Å²) >= 11 is 11.9. The number of amidine groups is 1. The van der Waals surface area contributed by atoms with Gasteiger partial charge in [0.25, 0.3) is 5.91 Å². The minimum atomic E-state index is -0.520. The monoisotopic (exact) mass is 575 g/mol. The van der Waals surface area contributed by atoms with Gasteiger partial charge < -0.3 is 35.3 Å². The molecule has 1 aromatic carbocycles. The van der Waals surface area contributed by atoms with Crippen molar-refractivity contribution in [2.75, 3.05) is 71.1 Å². The first-order valence-electron chi connectivity index (χ1n) is 12.5. The molecule has 0 atom stereocenters. The van der Waals surface area contributed by atoms with Crippen LogP contribution in [-0.2, 0) is 23.7 Å². The number of benzene rings is 1. The van der Waals surface area contributed by atoms with Crippen molar-refractivity contribution in [2.24, 2.45) is 10.7 Å². The number of nitrogens with two attached hydrogens (primary N) is 1.